The minimum Gasteiger partial charge on any atom is -0.497 e. The summed E-state index contributed by atoms with van der Waals surface area (Å²) in [6.45, 7) is 2.35. The zero-order valence-corrected chi connectivity index (χ0v) is 14.8. The highest BCUT2D eigenvalue weighted by atomic mass is 19.1. The Morgan fingerprint density at radius 2 is 1.74 bits per heavy atom. The Morgan fingerprint density at radius 1 is 1.00 bits per heavy atom. The van der Waals surface area contributed by atoms with Gasteiger partial charge in [-0.25, -0.2) is 9.07 Å². The fourth-order valence-corrected chi connectivity index (χ4v) is 2.78. The minimum atomic E-state index is -0.299. The lowest BCUT2D eigenvalue weighted by atomic mass is 10.2. The van der Waals surface area contributed by atoms with Crippen molar-refractivity contribution in [2.45, 2.75) is 13.5 Å². The van der Waals surface area contributed by atoms with Crippen molar-refractivity contribution in [2.75, 3.05) is 12.4 Å². The Hall–Kier alpha value is -3.55. The molecule has 0 atom stereocenters. The van der Waals surface area contributed by atoms with Crippen molar-refractivity contribution in [1.29, 1.82) is 0 Å². The smallest absolute Gasteiger partial charge is 0.181 e. The molecule has 8 heteroatoms. The fourth-order valence-electron chi connectivity index (χ4n) is 2.78. The number of nitrogens with one attached hydrogen (secondary N) is 1. The van der Waals surface area contributed by atoms with Crippen LogP contribution in [0.2, 0.25) is 0 Å². The van der Waals surface area contributed by atoms with Gasteiger partial charge in [0.25, 0.3) is 0 Å². The van der Waals surface area contributed by atoms with E-state index in [-0.39, 0.29) is 5.82 Å². The Bertz CT molecular complexity index is 1080. The summed E-state index contributed by atoms with van der Waals surface area (Å²) >= 11 is 0. The van der Waals surface area contributed by atoms with E-state index in [0.29, 0.717) is 29.3 Å². The molecule has 0 saturated carbocycles. The third kappa shape index (κ3) is 3.41. The number of methoxy groups -OCH3 is 1. The van der Waals surface area contributed by atoms with E-state index in [1.807, 2.05) is 31.2 Å². The van der Waals surface area contributed by atoms with Crippen molar-refractivity contribution in [2.24, 2.45) is 0 Å². The molecule has 0 amide bonds. The van der Waals surface area contributed by atoms with Gasteiger partial charge < -0.3 is 10.1 Å². The number of hydrogen-bond donors (Lipinski definition) is 1. The number of rotatable bonds is 5. The maximum Gasteiger partial charge on any atom is 0.181 e. The molecule has 1 N–H and O–H groups in total. The maximum absolute atomic E-state index is 13.2. The molecule has 0 aliphatic rings. The zero-order chi connectivity index (χ0) is 18.8. The Balaban J connectivity index is 1.72. The van der Waals surface area contributed by atoms with Crippen molar-refractivity contribution in [3.8, 4) is 5.75 Å². The summed E-state index contributed by atoms with van der Waals surface area (Å²) in [7, 11) is 1.63. The molecule has 2 aromatic carbocycles. The summed E-state index contributed by atoms with van der Waals surface area (Å²) in [6, 6.07) is 13.8. The van der Waals surface area contributed by atoms with Gasteiger partial charge in [0.2, 0.25) is 0 Å². The highest BCUT2D eigenvalue weighted by Crippen LogP contribution is 2.25. The number of aromatic nitrogens is 5. The predicted octanol–water partition coefficient (Wildman–Crippen LogP) is 3.47. The number of benzene rings is 2. The number of aryl methyl sites for hydroxylation is 1. The molecule has 136 valence electrons. The van der Waals surface area contributed by atoms with E-state index in [2.05, 4.69) is 25.8 Å². The van der Waals surface area contributed by atoms with Gasteiger partial charge in [-0.15, -0.1) is 10.2 Å². The molecule has 0 spiro atoms. The molecule has 2 aromatic heterocycles. The molecule has 0 aliphatic carbocycles. The van der Waals surface area contributed by atoms with Crippen LogP contribution in [0.25, 0.3) is 11.0 Å². The molecular formula is C19H17FN6O. The van der Waals surface area contributed by atoms with E-state index >= 15 is 0 Å². The quantitative estimate of drug-likeness (QED) is 0.584. The number of fused-ring (bicyclic) bond motifs is 1. The van der Waals surface area contributed by atoms with Crippen molar-refractivity contribution in [1.82, 2.24) is 25.2 Å². The van der Waals surface area contributed by atoms with Crippen LogP contribution in [0.3, 0.4) is 0 Å². The van der Waals surface area contributed by atoms with Crippen molar-refractivity contribution in [3.05, 3.63) is 65.6 Å². The second kappa shape index (κ2) is 6.99. The normalized spacial score (nSPS) is 10.9. The van der Waals surface area contributed by atoms with Gasteiger partial charge in [-0.3, -0.25) is 0 Å². The Morgan fingerprint density at radius 3 is 2.44 bits per heavy atom. The second-order valence-corrected chi connectivity index (χ2v) is 6.06. The van der Waals surface area contributed by atoms with Gasteiger partial charge in [-0.2, -0.15) is 5.10 Å². The minimum absolute atomic E-state index is 0.299. The van der Waals surface area contributed by atoms with E-state index in [0.717, 1.165) is 16.8 Å². The van der Waals surface area contributed by atoms with Gasteiger partial charge in [0.05, 0.1) is 19.3 Å². The van der Waals surface area contributed by atoms with E-state index in [1.165, 1.54) is 12.1 Å². The van der Waals surface area contributed by atoms with Crippen LogP contribution < -0.4 is 10.1 Å². The molecule has 0 fully saturated rings. The first-order valence-corrected chi connectivity index (χ1v) is 8.36. The van der Waals surface area contributed by atoms with Gasteiger partial charge in [0.1, 0.15) is 22.6 Å². The average Bonchev–Trinajstić information content (AvgIpc) is 3.11. The first kappa shape index (κ1) is 16.9. The molecule has 0 radical (unpaired) electrons. The van der Waals surface area contributed by atoms with Crippen LogP contribution in [0.1, 0.15) is 11.3 Å². The standard InChI is InChI=1S/C19H17FN6O/c1-12-17-18(19(24-22-12)21-15-7-5-14(20)6-8-15)26(25-23-17)11-13-3-9-16(27-2)10-4-13/h3-10H,11H2,1-2H3,(H,21,24). The third-order valence-electron chi connectivity index (χ3n) is 4.20. The number of ether oxygens (including phenoxy) is 1. The van der Waals surface area contributed by atoms with E-state index in [4.69, 9.17) is 4.74 Å². The lowest BCUT2D eigenvalue weighted by Crippen LogP contribution is -2.06. The molecule has 4 aromatic rings. The summed E-state index contributed by atoms with van der Waals surface area (Å²) in [5.41, 5.74) is 3.85. The SMILES string of the molecule is COc1ccc(Cn2nnc3c(C)nnc(Nc4ccc(F)cc4)c32)cc1. The van der Waals surface area contributed by atoms with Crippen molar-refractivity contribution in [3.63, 3.8) is 0 Å². The Labute approximate surface area is 154 Å². The van der Waals surface area contributed by atoms with E-state index < -0.39 is 0 Å². The summed E-state index contributed by atoms with van der Waals surface area (Å²) < 4.78 is 20.1. The fraction of sp³-hybridized carbons (Fsp3) is 0.158. The molecule has 7 nitrogen and oxygen atoms in total. The first-order chi connectivity index (χ1) is 13.1. The lowest BCUT2D eigenvalue weighted by molar-refractivity contribution is 0.414. The summed E-state index contributed by atoms with van der Waals surface area (Å²) in [5.74, 6) is 1.01. The predicted molar refractivity (Wildman–Crippen MR) is 99.6 cm³/mol. The monoisotopic (exact) mass is 364 g/mol. The average molecular weight is 364 g/mol. The van der Waals surface area contributed by atoms with Gasteiger partial charge in [0, 0.05) is 5.69 Å². The Kier molecular flexibility index (Phi) is 4.37. The van der Waals surface area contributed by atoms with Crippen LogP contribution in [0, 0.1) is 12.7 Å². The molecule has 2 heterocycles. The van der Waals surface area contributed by atoms with Crippen LogP contribution in [0.5, 0.6) is 5.75 Å². The third-order valence-corrected chi connectivity index (χ3v) is 4.20. The molecule has 0 bridgehead atoms. The van der Waals surface area contributed by atoms with Crippen LogP contribution in [0.4, 0.5) is 15.9 Å². The molecule has 0 unspecified atom stereocenters. The topological polar surface area (TPSA) is 77.8 Å². The second-order valence-electron chi connectivity index (χ2n) is 6.06. The maximum atomic E-state index is 13.2. The van der Waals surface area contributed by atoms with Gasteiger partial charge in [-0.05, 0) is 48.9 Å². The molecular weight excluding hydrogens is 347 g/mol. The molecule has 27 heavy (non-hydrogen) atoms. The summed E-state index contributed by atoms with van der Waals surface area (Å²) in [5, 5.41) is 20.1. The molecule has 4 rings (SSSR count). The first-order valence-electron chi connectivity index (χ1n) is 8.36. The van der Waals surface area contributed by atoms with E-state index in [1.54, 1.807) is 23.9 Å². The number of hydrogen-bond acceptors (Lipinski definition) is 6. The highest BCUT2D eigenvalue weighted by Gasteiger charge is 2.15. The van der Waals surface area contributed by atoms with Crippen LogP contribution in [-0.4, -0.2) is 32.3 Å². The zero-order valence-electron chi connectivity index (χ0n) is 14.8. The highest BCUT2D eigenvalue weighted by molar-refractivity contribution is 5.88. The van der Waals surface area contributed by atoms with Gasteiger partial charge in [-0.1, -0.05) is 17.3 Å². The lowest BCUT2D eigenvalue weighted by Gasteiger charge is -2.09. The molecule has 0 saturated heterocycles. The van der Waals surface area contributed by atoms with Gasteiger partial charge >= 0.3 is 0 Å². The van der Waals surface area contributed by atoms with Crippen molar-refractivity contribution < 1.29 is 9.13 Å². The molecule has 0 aliphatic heterocycles. The number of halogens is 1. The van der Waals surface area contributed by atoms with Gasteiger partial charge in [0.15, 0.2) is 5.82 Å². The van der Waals surface area contributed by atoms with Crippen LogP contribution in [0.15, 0.2) is 48.5 Å². The number of nitrogens with zero attached hydrogens (tertiary/aromatic N) is 5. The van der Waals surface area contributed by atoms with E-state index in [9.17, 15) is 4.39 Å². The van der Waals surface area contributed by atoms with Crippen LogP contribution >= 0.6 is 0 Å². The summed E-state index contributed by atoms with van der Waals surface area (Å²) in [6.07, 6.45) is 0. The van der Waals surface area contributed by atoms with Crippen LogP contribution in [-0.2, 0) is 6.54 Å². The van der Waals surface area contributed by atoms with Crippen molar-refractivity contribution >= 4 is 22.5 Å². The number of anilines is 2. The summed E-state index contributed by atoms with van der Waals surface area (Å²) in [4.78, 5) is 0. The largest absolute Gasteiger partial charge is 0.497 e.